The summed E-state index contributed by atoms with van der Waals surface area (Å²) in [6.45, 7) is 4.27. The fourth-order valence-electron chi connectivity index (χ4n) is 1.86. The van der Waals surface area contributed by atoms with Gasteiger partial charge < -0.3 is 15.4 Å². The fourth-order valence-corrected chi connectivity index (χ4v) is 3.30. The third-order valence-electron chi connectivity index (χ3n) is 2.92. The van der Waals surface area contributed by atoms with E-state index in [0.717, 1.165) is 6.26 Å². The van der Waals surface area contributed by atoms with Crippen LogP contribution in [0.25, 0.3) is 0 Å². The average molecular weight is 574 g/mol. The zero-order valence-corrected chi connectivity index (χ0v) is 20.4. The van der Waals surface area contributed by atoms with Crippen LogP contribution in [0.1, 0.15) is 13.3 Å². The predicted molar refractivity (Wildman–Crippen MR) is 124 cm³/mol. The van der Waals surface area contributed by atoms with Gasteiger partial charge in [0, 0.05) is 24.7 Å². The first-order valence-corrected chi connectivity index (χ1v) is 11.0. The Labute approximate surface area is 192 Å². The SMILES string of the molecule is CCNC(=NCCCNS(C)(=O)=O)NCCOc1c(Cl)cc(Cl)cc1Cl.I. The van der Waals surface area contributed by atoms with E-state index in [9.17, 15) is 8.42 Å². The summed E-state index contributed by atoms with van der Waals surface area (Å²) in [7, 11) is -3.16. The summed E-state index contributed by atoms with van der Waals surface area (Å²) >= 11 is 18.0. The van der Waals surface area contributed by atoms with E-state index in [0.29, 0.717) is 66.0 Å². The lowest BCUT2D eigenvalue weighted by Crippen LogP contribution is -2.39. The van der Waals surface area contributed by atoms with Crippen molar-refractivity contribution in [3.05, 3.63) is 27.2 Å². The average Bonchev–Trinajstić information content (AvgIpc) is 2.51. The molecule has 0 amide bonds. The monoisotopic (exact) mass is 572 g/mol. The number of rotatable bonds is 10. The van der Waals surface area contributed by atoms with Crippen molar-refractivity contribution in [2.75, 3.05) is 39.0 Å². The highest BCUT2D eigenvalue weighted by atomic mass is 127. The zero-order chi connectivity index (χ0) is 19.6. The Balaban J connectivity index is 0.00000676. The molecule has 0 fully saturated rings. The second-order valence-electron chi connectivity index (χ2n) is 5.25. The summed E-state index contributed by atoms with van der Waals surface area (Å²) in [5, 5.41) is 7.34. The number of sulfonamides is 1. The van der Waals surface area contributed by atoms with Gasteiger partial charge in [-0.15, -0.1) is 24.0 Å². The van der Waals surface area contributed by atoms with E-state index in [1.807, 2.05) is 6.92 Å². The molecular weight excluding hydrogens is 550 g/mol. The molecule has 0 unspecified atom stereocenters. The first kappa shape index (κ1) is 26.8. The van der Waals surface area contributed by atoms with Crippen molar-refractivity contribution in [2.45, 2.75) is 13.3 Å². The number of nitrogens with zero attached hydrogens (tertiary/aromatic N) is 1. The number of hydrogen-bond acceptors (Lipinski definition) is 4. The minimum atomic E-state index is -3.16. The van der Waals surface area contributed by atoms with Crippen LogP contribution in [0.4, 0.5) is 0 Å². The van der Waals surface area contributed by atoms with Gasteiger partial charge >= 0.3 is 0 Å². The molecule has 0 heterocycles. The van der Waals surface area contributed by atoms with Crippen molar-refractivity contribution in [2.24, 2.45) is 4.99 Å². The standard InChI is InChI=1S/C15H23Cl3N4O3S.HI/c1-3-19-15(20-5-4-6-22-26(2,23)24)21-7-8-25-14-12(17)9-11(16)10-13(14)18;/h9-10,22H,3-8H2,1-2H3,(H2,19,20,21);1H. The lowest BCUT2D eigenvalue weighted by Gasteiger charge is -2.13. The molecule has 0 aliphatic heterocycles. The van der Waals surface area contributed by atoms with Crippen molar-refractivity contribution in [1.29, 1.82) is 0 Å². The van der Waals surface area contributed by atoms with Gasteiger partial charge in [-0.2, -0.15) is 0 Å². The first-order chi connectivity index (χ1) is 12.2. The van der Waals surface area contributed by atoms with Crippen LogP contribution in [0.3, 0.4) is 0 Å². The van der Waals surface area contributed by atoms with E-state index < -0.39 is 10.0 Å². The molecule has 27 heavy (non-hydrogen) atoms. The first-order valence-electron chi connectivity index (χ1n) is 7.97. The highest BCUT2D eigenvalue weighted by molar-refractivity contribution is 14.0. The van der Waals surface area contributed by atoms with Gasteiger partial charge in [-0.05, 0) is 25.5 Å². The predicted octanol–water partition coefficient (Wildman–Crippen LogP) is 3.14. The normalized spacial score (nSPS) is 11.7. The lowest BCUT2D eigenvalue weighted by atomic mass is 10.3. The van der Waals surface area contributed by atoms with Crippen LogP contribution < -0.4 is 20.1 Å². The summed E-state index contributed by atoms with van der Waals surface area (Å²) < 4.78 is 30.0. The Morgan fingerprint density at radius 1 is 1.15 bits per heavy atom. The van der Waals surface area contributed by atoms with E-state index in [1.165, 1.54) is 0 Å². The largest absolute Gasteiger partial charge is 0.489 e. The van der Waals surface area contributed by atoms with Crippen molar-refractivity contribution in [1.82, 2.24) is 15.4 Å². The quantitative estimate of drug-likeness (QED) is 0.173. The zero-order valence-electron chi connectivity index (χ0n) is 15.0. The molecule has 0 atom stereocenters. The van der Waals surface area contributed by atoms with E-state index in [1.54, 1.807) is 12.1 Å². The maximum Gasteiger partial charge on any atom is 0.208 e. The molecule has 0 aromatic heterocycles. The third-order valence-corrected chi connectivity index (χ3v) is 4.43. The molecule has 1 rings (SSSR count). The van der Waals surface area contributed by atoms with Crippen LogP contribution in [0.5, 0.6) is 5.75 Å². The van der Waals surface area contributed by atoms with Gasteiger partial charge in [-0.1, -0.05) is 34.8 Å². The molecule has 0 saturated heterocycles. The van der Waals surface area contributed by atoms with Gasteiger partial charge in [-0.25, -0.2) is 13.1 Å². The van der Waals surface area contributed by atoms with Crippen LogP contribution in [-0.2, 0) is 10.0 Å². The van der Waals surface area contributed by atoms with Crippen LogP contribution in [-0.4, -0.2) is 53.4 Å². The Kier molecular flexibility index (Phi) is 13.8. The third kappa shape index (κ3) is 12.1. The van der Waals surface area contributed by atoms with Gasteiger partial charge in [0.05, 0.1) is 22.8 Å². The maximum atomic E-state index is 11.0. The van der Waals surface area contributed by atoms with E-state index in [2.05, 4.69) is 20.3 Å². The van der Waals surface area contributed by atoms with E-state index >= 15 is 0 Å². The highest BCUT2D eigenvalue weighted by Gasteiger charge is 2.09. The smallest absolute Gasteiger partial charge is 0.208 e. The summed E-state index contributed by atoms with van der Waals surface area (Å²) in [5.41, 5.74) is 0. The molecule has 1 aromatic rings. The number of guanidine groups is 1. The summed E-state index contributed by atoms with van der Waals surface area (Å²) in [4.78, 5) is 4.36. The number of halogens is 4. The topological polar surface area (TPSA) is 91.8 Å². The second-order valence-corrected chi connectivity index (χ2v) is 8.34. The number of ether oxygens (including phenoxy) is 1. The van der Waals surface area contributed by atoms with Gasteiger partial charge in [-0.3, -0.25) is 4.99 Å². The molecule has 12 heteroatoms. The minimum absolute atomic E-state index is 0. The minimum Gasteiger partial charge on any atom is -0.489 e. The van der Waals surface area contributed by atoms with E-state index in [4.69, 9.17) is 39.5 Å². The molecular formula is C15H24Cl3IN4O3S. The summed E-state index contributed by atoms with van der Waals surface area (Å²) in [5.74, 6) is 0.997. The molecule has 0 saturated carbocycles. The van der Waals surface area contributed by atoms with Crippen LogP contribution in [0.15, 0.2) is 17.1 Å². The molecule has 3 N–H and O–H groups in total. The van der Waals surface area contributed by atoms with Crippen LogP contribution in [0.2, 0.25) is 15.1 Å². The van der Waals surface area contributed by atoms with Crippen LogP contribution in [0, 0.1) is 0 Å². The van der Waals surface area contributed by atoms with Crippen molar-refractivity contribution in [3.63, 3.8) is 0 Å². The fraction of sp³-hybridized carbons (Fsp3) is 0.533. The van der Waals surface area contributed by atoms with Gasteiger partial charge in [0.25, 0.3) is 0 Å². The van der Waals surface area contributed by atoms with E-state index in [-0.39, 0.29) is 24.0 Å². The molecule has 156 valence electrons. The molecule has 0 bridgehead atoms. The molecule has 0 radical (unpaired) electrons. The molecule has 1 aromatic carbocycles. The van der Waals surface area contributed by atoms with Gasteiger partial charge in [0.2, 0.25) is 10.0 Å². The summed E-state index contributed by atoms with van der Waals surface area (Å²) in [6.07, 6.45) is 1.72. The van der Waals surface area contributed by atoms with Crippen molar-refractivity contribution in [3.8, 4) is 5.75 Å². The Morgan fingerprint density at radius 3 is 2.33 bits per heavy atom. The number of nitrogens with one attached hydrogen (secondary N) is 3. The highest BCUT2D eigenvalue weighted by Crippen LogP contribution is 2.35. The van der Waals surface area contributed by atoms with Crippen molar-refractivity contribution < 1.29 is 13.2 Å². The molecule has 7 nitrogen and oxygen atoms in total. The number of aliphatic imine (C=N–C) groups is 1. The van der Waals surface area contributed by atoms with Crippen molar-refractivity contribution >= 4 is 74.8 Å². The van der Waals surface area contributed by atoms with Crippen LogP contribution >= 0.6 is 58.8 Å². The lowest BCUT2D eigenvalue weighted by molar-refractivity contribution is 0.322. The summed E-state index contributed by atoms with van der Waals surface area (Å²) in [6, 6.07) is 3.13. The maximum absolute atomic E-state index is 11.0. The Hall–Kier alpha value is -0.200. The van der Waals surface area contributed by atoms with Gasteiger partial charge in [0.15, 0.2) is 11.7 Å². The number of hydrogen-bond donors (Lipinski definition) is 3. The number of benzene rings is 1. The molecule has 0 spiro atoms. The molecule has 0 aliphatic carbocycles. The van der Waals surface area contributed by atoms with Gasteiger partial charge in [0.1, 0.15) is 6.61 Å². The molecule has 0 aliphatic rings. The second kappa shape index (κ2) is 13.9. The Morgan fingerprint density at radius 2 is 1.78 bits per heavy atom. The Bertz CT molecular complexity index is 697.